The van der Waals surface area contributed by atoms with Gasteiger partial charge in [-0.2, -0.15) is 0 Å². The molecular weight excluding hydrogens is 117 g/mol. The van der Waals surface area contributed by atoms with Crippen LogP contribution in [0.15, 0.2) is 0 Å². The summed E-state index contributed by atoms with van der Waals surface area (Å²) in [6.07, 6.45) is -1.19. The minimum Gasteiger partial charge on any atom is -0.382 e. The summed E-state index contributed by atoms with van der Waals surface area (Å²) < 4.78 is 0. The fourth-order valence-corrected chi connectivity index (χ4v) is 0.228. The molecular formula is C3H6ClNO2. The molecule has 0 spiro atoms. The van der Waals surface area contributed by atoms with Gasteiger partial charge in [-0.25, -0.2) is 0 Å². The zero-order valence-corrected chi connectivity index (χ0v) is 4.35. The summed E-state index contributed by atoms with van der Waals surface area (Å²) in [7, 11) is 0. The molecule has 0 aromatic carbocycles. The quantitative estimate of drug-likeness (QED) is 0.466. The van der Waals surface area contributed by atoms with Gasteiger partial charge in [0, 0.05) is 0 Å². The molecule has 3 nitrogen and oxygen atoms in total. The van der Waals surface area contributed by atoms with Gasteiger partial charge in [-0.1, -0.05) is 0 Å². The minimum atomic E-state index is -1.19. The number of rotatable bonds is 2. The summed E-state index contributed by atoms with van der Waals surface area (Å²) in [5, 5.41) is 8.33. The van der Waals surface area contributed by atoms with E-state index in [0.29, 0.717) is 0 Å². The van der Waals surface area contributed by atoms with E-state index in [9.17, 15) is 4.79 Å². The van der Waals surface area contributed by atoms with Crippen molar-refractivity contribution in [3.05, 3.63) is 0 Å². The lowest BCUT2D eigenvalue weighted by Gasteiger charge is -1.95. The number of nitrogens with two attached hydrogens (primary N) is 1. The van der Waals surface area contributed by atoms with Gasteiger partial charge in [-0.15, -0.1) is 11.6 Å². The summed E-state index contributed by atoms with van der Waals surface area (Å²) in [5.41, 5.74) is 4.57. The van der Waals surface area contributed by atoms with Crippen LogP contribution in [-0.4, -0.2) is 23.0 Å². The molecule has 0 saturated heterocycles. The maximum Gasteiger partial charge on any atom is 0.247 e. The molecule has 0 bridgehead atoms. The van der Waals surface area contributed by atoms with Crippen molar-refractivity contribution in [1.29, 1.82) is 0 Å². The van der Waals surface area contributed by atoms with Crippen molar-refractivity contribution in [2.45, 2.75) is 6.10 Å². The van der Waals surface area contributed by atoms with Gasteiger partial charge in [0.2, 0.25) is 5.91 Å². The highest BCUT2D eigenvalue weighted by Gasteiger charge is 2.06. The first kappa shape index (κ1) is 6.72. The molecule has 0 aromatic heterocycles. The number of aliphatic hydroxyl groups excluding tert-OH is 1. The van der Waals surface area contributed by atoms with Gasteiger partial charge in [0.25, 0.3) is 0 Å². The fourth-order valence-electron chi connectivity index (χ4n) is 0.0760. The number of hydrogen-bond donors (Lipinski definition) is 2. The Labute approximate surface area is 46.1 Å². The van der Waals surface area contributed by atoms with E-state index >= 15 is 0 Å². The third-order valence-electron chi connectivity index (χ3n) is 0.475. The Balaban J connectivity index is 3.34. The molecule has 0 aromatic rings. The summed E-state index contributed by atoms with van der Waals surface area (Å²) >= 11 is 5.00. The molecule has 1 amide bonds. The van der Waals surface area contributed by atoms with E-state index in [-0.39, 0.29) is 5.88 Å². The summed E-state index contributed by atoms with van der Waals surface area (Å²) in [6.45, 7) is 0. The summed E-state index contributed by atoms with van der Waals surface area (Å²) in [6, 6.07) is 0. The minimum absolute atomic E-state index is 0.130. The van der Waals surface area contributed by atoms with Crippen molar-refractivity contribution in [1.82, 2.24) is 0 Å². The number of halogens is 1. The van der Waals surface area contributed by atoms with Crippen LogP contribution in [0.5, 0.6) is 0 Å². The average Bonchev–Trinajstić information content (AvgIpc) is 1.65. The molecule has 1 atom stereocenters. The Morgan fingerprint density at radius 3 is 2.43 bits per heavy atom. The van der Waals surface area contributed by atoms with Crippen LogP contribution < -0.4 is 5.73 Å². The Kier molecular flexibility index (Phi) is 2.71. The van der Waals surface area contributed by atoms with Crippen LogP contribution in [0.3, 0.4) is 0 Å². The topological polar surface area (TPSA) is 63.3 Å². The summed E-state index contributed by atoms with van der Waals surface area (Å²) in [5.74, 6) is -0.912. The van der Waals surface area contributed by atoms with Crippen molar-refractivity contribution in [2.75, 3.05) is 5.88 Å². The molecule has 0 aliphatic carbocycles. The standard InChI is InChI=1S/C3H6ClNO2/c4-1-2(6)3(5)7/h2,6H,1H2,(H2,5,7)/t2-/m0/s1. The first-order chi connectivity index (χ1) is 3.18. The fraction of sp³-hybridized carbons (Fsp3) is 0.667. The van der Waals surface area contributed by atoms with E-state index in [2.05, 4.69) is 5.73 Å². The van der Waals surface area contributed by atoms with E-state index in [0.717, 1.165) is 0 Å². The average molecular weight is 124 g/mol. The molecule has 0 aliphatic heterocycles. The molecule has 42 valence electrons. The van der Waals surface area contributed by atoms with Gasteiger partial charge in [0.05, 0.1) is 5.88 Å². The number of aliphatic hydroxyl groups is 1. The second kappa shape index (κ2) is 2.82. The highest BCUT2D eigenvalue weighted by molar-refractivity contribution is 6.19. The predicted octanol–water partition coefficient (Wildman–Crippen LogP) is -0.929. The molecule has 0 aliphatic rings. The van der Waals surface area contributed by atoms with Gasteiger partial charge in [0.15, 0.2) is 0 Å². The molecule has 0 unspecified atom stereocenters. The zero-order valence-electron chi connectivity index (χ0n) is 3.60. The smallest absolute Gasteiger partial charge is 0.247 e. The van der Waals surface area contributed by atoms with Crippen molar-refractivity contribution in [2.24, 2.45) is 5.73 Å². The monoisotopic (exact) mass is 123 g/mol. The van der Waals surface area contributed by atoms with Crippen molar-refractivity contribution >= 4 is 17.5 Å². The van der Waals surface area contributed by atoms with Crippen LogP contribution in [0, 0.1) is 0 Å². The number of carbonyl (C=O) groups excluding carboxylic acids is 1. The Hall–Kier alpha value is -0.280. The highest BCUT2D eigenvalue weighted by atomic mass is 35.5. The Morgan fingerprint density at radius 1 is 2.00 bits per heavy atom. The van der Waals surface area contributed by atoms with E-state index in [1.165, 1.54) is 0 Å². The molecule has 7 heavy (non-hydrogen) atoms. The lowest BCUT2D eigenvalue weighted by molar-refractivity contribution is -0.124. The molecule has 3 N–H and O–H groups in total. The maximum absolute atomic E-state index is 9.82. The number of amides is 1. The number of alkyl halides is 1. The number of hydrogen-bond acceptors (Lipinski definition) is 2. The van der Waals surface area contributed by atoms with E-state index < -0.39 is 12.0 Å². The third kappa shape index (κ3) is 2.42. The lowest BCUT2D eigenvalue weighted by atomic mass is 10.4. The molecule has 0 radical (unpaired) electrons. The molecule has 0 rings (SSSR count). The Bertz CT molecular complexity index is 75.3. The third-order valence-corrected chi connectivity index (χ3v) is 0.767. The van der Waals surface area contributed by atoms with Gasteiger partial charge >= 0.3 is 0 Å². The zero-order chi connectivity index (χ0) is 5.86. The van der Waals surface area contributed by atoms with Crippen LogP contribution in [0.2, 0.25) is 0 Å². The molecule has 0 heterocycles. The SMILES string of the molecule is NC(=O)[C@@H](O)CCl. The molecule has 4 heteroatoms. The normalized spacial score (nSPS) is 13.4. The maximum atomic E-state index is 9.82. The van der Waals surface area contributed by atoms with Crippen LogP contribution in [0.25, 0.3) is 0 Å². The van der Waals surface area contributed by atoms with Gasteiger partial charge < -0.3 is 10.8 Å². The predicted molar refractivity (Wildman–Crippen MR) is 25.9 cm³/mol. The molecule has 0 fully saturated rings. The van der Waals surface area contributed by atoms with E-state index in [1.54, 1.807) is 0 Å². The van der Waals surface area contributed by atoms with Gasteiger partial charge in [0.1, 0.15) is 6.10 Å². The lowest BCUT2D eigenvalue weighted by Crippen LogP contribution is -2.29. The van der Waals surface area contributed by atoms with E-state index in [1.807, 2.05) is 0 Å². The Morgan fingerprint density at radius 2 is 2.43 bits per heavy atom. The van der Waals surface area contributed by atoms with E-state index in [4.69, 9.17) is 16.7 Å². The first-order valence-corrected chi connectivity index (χ1v) is 2.25. The van der Waals surface area contributed by atoms with Crippen molar-refractivity contribution in [3.8, 4) is 0 Å². The number of primary amides is 1. The van der Waals surface area contributed by atoms with Crippen LogP contribution >= 0.6 is 11.6 Å². The second-order valence-electron chi connectivity index (χ2n) is 1.07. The van der Waals surface area contributed by atoms with Crippen LogP contribution in [0.4, 0.5) is 0 Å². The van der Waals surface area contributed by atoms with Crippen molar-refractivity contribution < 1.29 is 9.90 Å². The largest absolute Gasteiger partial charge is 0.382 e. The van der Waals surface area contributed by atoms with Crippen LogP contribution in [-0.2, 0) is 4.79 Å². The molecule has 0 saturated carbocycles. The van der Waals surface area contributed by atoms with Gasteiger partial charge in [-0.3, -0.25) is 4.79 Å². The highest BCUT2D eigenvalue weighted by Crippen LogP contribution is 1.82. The summed E-state index contributed by atoms with van der Waals surface area (Å²) in [4.78, 5) is 9.82. The second-order valence-corrected chi connectivity index (χ2v) is 1.38. The first-order valence-electron chi connectivity index (χ1n) is 1.72. The number of carbonyl (C=O) groups is 1. The van der Waals surface area contributed by atoms with Crippen molar-refractivity contribution in [3.63, 3.8) is 0 Å². The van der Waals surface area contributed by atoms with Gasteiger partial charge in [-0.05, 0) is 0 Å². The van der Waals surface area contributed by atoms with Crippen LogP contribution in [0.1, 0.15) is 0 Å².